The average molecular weight is 340 g/mol. The maximum absolute atomic E-state index is 4.51. The maximum atomic E-state index is 4.51. The molecule has 25 heavy (non-hydrogen) atoms. The number of anilines is 1. The number of aryl methyl sites for hydroxylation is 1. The fraction of sp³-hybridized carbons (Fsp3) is 0.632. The third-order valence-corrected chi connectivity index (χ3v) is 5.40. The van der Waals surface area contributed by atoms with Crippen molar-refractivity contribution in [2.45, 2.75) is 38.6 Å². The van der Waals surface area contributed by atoms with Gasteiger partial charge in [-0.1, -0.05) is 0 Å². The van der Waals surface area contributed by atoms with Gasteiger partial charge < -0.3 is 4.90 Å². The molecule has 0 aliphatic carbocycles. The number of hydrogen-bond donors (Lipinski definition) is 0. The zero-order chi connectivity index (χ0) is 17.1. The Kier molecular flexibility index (Phi) is 4.97. The highest BCUT2D eigenvalue weighted by atomic mass is 15.3. The van der Waals surface area contributed by atoms with E-state index in [2.05, 4.69) is 43.4 Å². The lowest BCUT2D eigenvalue weighted by molar-refractivity contribution is 0.166. The van der Waals surface area contributed by atoms with Gasteiger partial charge in [0.05, 0.1) is 11.9 Å². The van der Waals surface area contributed by atoms with E-state index >= 15 is 0 Å². The molecule has 0 aromatic carbocycles. The normalized spacial score (nSPS) is 21.8. The minimum atomic E-state index is 0.678. The zero-order valence-corrected chi connectivity index (χ0v) is 15.1. The van der Waals surface area contributed by atoms with Crippen LogP contribution >= 0.6 is 0 Å². The maximum Gasteiger partial charge on any atom is 0.151 e. The summed E-state index contributed by atoms with van der Waals surface area (Å²) in [6, 6.07) is 4.34. The van der Waals surface area contributed by atoms with Crippen LogP contribution < -0.4 is 4.90 Å². The lowest BCUT2D eigenvalue weighted by atomic mass is 9.93. The second-order valence-corrected chi connectivity index (χ2v) is 7.55. The molecule has 2 aromatic rings. The van der Waals surface area contributed by atoms with Crippen molar-refractivity contribution in [1.82, 2.24) is 24.9 Å². The summed E-state index contributed by atoms with van der Waals surface area (Å²) < 4.78 is 1.88. The van der Waals surface area contributed by atoms with E-state index in [0.717, 1.165) is 44.1 Å². The quantitative estimate of drug-likeness (QED) is 0.836. The second-order valence-electron chi connectivity index (χ2n) is 7.55. The third-order valence-electron chi connectivity index (χ3n) is 5.40. The van der Waals surface area contributed by atoms with E-state index in [1.165, 1.54) is 37.8 Å². The number of likely N-dealkylation sites (tertiary alicyclic amines) is 1. The molecule has 2 aliphatic heterocycles. The van der Waals surface area contributed by atoms with E-state index in [0.29, 0.717) is 5.92 Å². The predicted molar refractivity (Wildman–Crippen MR) is 98.4 cm³/mol. The molecule has 0 unspecified atom stereocenters. The van der Waals surface area contributed by atoms with Crippen LogP contribution in [0.25, 0.3) is 0 Å². The molecule has 2 aromatic heterocycles. The molecular formula is C19H28N6. The summed E-state index contributed by atoms with van der Waals surface area (Å²) in [6.45, 7) is 5.58. The summed E-state index contributed by atoms with van der Waals surface area (Å²) in [4.78, 5) is 4.89. The van der Waals surface area contributed by atoms with Crippen molar-refractivity contribution in [2.75, 3.05) is 31.1 Å². The summed E-state index contributed by atoms with van der Waals surface area (Å²) in [5.41, 5.74) is 2.44. The molecule has 2 aliphatic rings. The molecule has 1 atom stereocenters. The fourth-order valence-corrected chi connectivity index (χ4v) is 4.15. The van der Waals surface area contributed by atoms with E-state index in [4.69, 9.17) is 0 Å². The Morgan fingerprint density at radius 1 is 1.08 bits per heavy atom. The molecule has 0 radical (unpaired) electrons. The minimum Gasteiger partial charge on any atom is -0.355 e. The lowest BCUT2D eigenvalue weighted by Crippen LogP contribution is -2.35. The van der Waals surface area contributed by atoms with E-state index in [1.807, 2.05) is 17.9 Å². The lowest BCUT2D eigenvalue weighted by Gasteiger charge is -2.32. The predicted octanol–water partition coefficient (Wildman–Crippen LogP) is 2.27. The molecule has 2 fully saturated rings. The van der Waals surface area contributed by atoms with Gasteiger partial charge in [-0.2, -0.15) is 10.2 Å². The molecule has 4 heterocycles. The first-order valence-electron chi connectivity index (χ1n) is 9.54. The number of aromatic nitrogens is 4. The smallest absolute Gasteiger partial charge is 0.151 e. The van der Waals surface area contributed by atoms with Gasteiger partial charge in [-0.25, -0.2) is 0 Å². The number of hydrogen-bond acceptors (Lipinski definition) is 5. The molecule has 0 N–H and O–H groups in total. The van der Waals surface area contributed by atoms with Crippen LogP contribution in [0.5, 0.6) is 0 Å². The molecule has 6 nitrogen and oxygen atoms in total. The van der Waals surface area contributed by atoms with E-state index in [1.54, 1.807) is 0 Å². The Labute approximate surface area is 149 Å². The Hall–Kier alpha value is -1.95. The standard InChI is InChI=1S/C19H28N6/c1-23-13-17(12-20-23)15-24-8-4-5-16(14-24)11-18-6-7-19(22-21-18)25-9-2-3-10-25/h6-7,12-13,16H,2-5,8-11,14-15H2,1H3/t16-/m0/s1. The highest BCUT2D eigenvalue weighted by Crippen LogP contribution is 2.22. The van der Waals surface area contributed by atoms with Crippen LogP contribution in [0.4, 0.5) is 5.82 Å². The van der Waals surface area contributed by atoms with E-state index in [-0.39, 0.29) is 0 Å². The Balaban J connectivity index is 1.32. The van der Waals surface area contributed by atoms with Gasteiger partial charge in [0.25, 0.3) is 0 Å². The summed E-state index contributed by atoms with van der Waals surface area (Å²) in [5.74, 6) is 1.72. The highest BCUT2D eigenvalue weighted by Gasteiger charge is 2.21. The van der Waals surface area contributed by atoms with Crippen molar-refractivity contribution in [1.29, 1.82) is 0 Å². The zero-order valence-electron chi connectivity index (χ0n) is 15.1. The Bertz CT molecular complexity index is 673. The van der Waals surface area contributed by atoms with Gasteiger partial charge >= 0.3 is 0 Å². The molecule has 4 rings (SSSR count). The highest BCUT2D eigenvalue weighted by molar-refractivity contribution is 5.38. The summed E-state index contributed by atoms with van der Waals surface area (Å²) >= 11 is 0. The largest absolute Gasteiger partial charge is 0.355 e. The Morgan fingerprint density at radius 2 is 1.96 bits per heavy atom. The van der Waals surface area contributed by atoms with Gasteiger partial charge in [0, 0.05) is 45.0 Å². The van der Waals surface area contributed by atoms with Gasteiger partial charge in [-0.15, -0.1) is 5.10 Å². The van der Waals surface area contributed by atoms with Crippen LogP contribution in [-0.2, 0) is 20.0 Å². The summed E-state index contributed by atoms with van der Waals surface area (Å²) in [7, 11) is 1.98. The van der Waals surface area contributed by atoms with Gasteiger partial charge in [0.2, 0.25) is 0 Å². The number of rotatable bonds is 5. The molecule has 0 bridgehead atoms. The summed E-state index contributed by atoms with van der Waals surface area (Å²) in [5, 5.41) is 13.3. The summed E-state index contributed by atoms with van der Waals surface area (Å²) in [6.07, 6.45) is 10.2. The molecule has 0 saturated carbocycles. The van der Waals surface area contributed by atoms with Crippen LogP contribution in [0.3, 0.4) is 0 Å². The third kappa shape index (κ3) is 4.18. The van der Waals surface area contributed by atoms with E-state index in [9.17, 15) is 0 Å². The van der Waals surface area contributed by atoms with Crippen molar-refractivity contribution in [3.05, 3.63) is 35.8 Å². The SMILES string of the molecule is Cn1cc(CN2CCC[C@@H](Cc3ccc(N4CCCC4)nn3)C2)cn1. The van der Waals surface area contributed by atoms with Crippen LogP contribution in [0.2, 0.25) is 0 Å². The van der Waals surface area contributed by atoms with Crippen molar-refractivity contribution in [3.8, 4) is 0 Å². The van der Waals surface area contributed by atoms with Crippen LogP contribution in [0.1, 0.15) is 36.9 Å². The number of piperidine rings is 1. The van der Waals surface area contributed by atoms with Gasteiger partial charge in [0.15, 0.2) is 5.82 Å². The molecule has 0 spiro atoms. The van der Waals surface area contributed by atoms with Crippen LogP contribution in [0, 0.1) is 5.92 Å². The van der Waals surface area contributed by atoms with Crippen molar-refractivity contribution in [3.63, 3.8) is 0 Å². The van der Waals surface area contributed by atoms with Crippen molar-refractivity contribution in [2.24, 2.45) is 13.0 Å². The average Bonchev–Trinajstić information content (AvgIpc) is 3.28. The van der Waals surface area contributed by atoms with Gasteiger partial charge in [-0.05, 0) is 56.7 Å². The fourth-order valence-electron chi connectivity index (χ4n) is 4.15. The van der Waals surface area contributed by atoms with Gasteiger partial charge in [0.1, 0.15) is 0 Å². The molecular weight excluding hydrogens is 312 g/mol. The first kappa shape index (κ1) is 16.5. The molecule has 0 amide bonds. The second kappa shape index (κ2) is 7.52. The van der Waals surface area contributed by atoms with Crippen molar-refractivity contribution >= 4 is 5.82 Å². The molecule has 2 saturated heterocycles. The van der Waals surface area contributed by atoms with Crippen LogP contribution in [0.15, 0.2) is 24.5 Å². The van der Waals surface area contributed by atoms with Crippen molar-refractivity contribution < 1.29 is 0 Å². The van der Waals surface area contributed by atoms with Gasteiger partial charge in [-0.3, -0.25) is 9.58 Å². The molecule has 6 heteroatoms. The first-order valence-corrected chi connectivity index (χ1v) is 9.54. The Morgan fingerprint density at radius 3 is 2.68 bits per heavy atom. The topological polar surface area (TPSA) is 50.1 Å². The number of nitrogens with zero attached hydrogens (tertiary/aromatic N) is 6. The van der Waals surface area contributed by atoms with E-state index < -0.39 is 0 Å². The minimum absolute atomic E-state index is 0.678. The molecule has 134 valence electrons. The van der Waals surface area contributed by atoms with Crippen LogP contribution in [-0.4, -0.2) is 51.1 Å². The first-order chi connectivity index (χ1) is 12.3. The monoisotopic (exact) mass is 340 g/mol.